The second kappa shape index (κ2) is 5.74. The van der Waals surface area contributed by atoms with E-state index in [2.05, 4.69) is 11.0 Å². The molecular weight excluding hydrogens is 226 g/mol. The fourth-order valence-corrected chi connectivity index (χ4v) is 2.44. The average Bonchev–Trinajstić information content (AvgIpc) is 2.39. The van der Waals surface area contributed by atoms with E-state index in [9.17, 15) is 0 Å². The summed E-state index contributed by atoms with van der Waals surface area (Å²) in [6.07, 6.45) is 2.52. The number of nitrogens with zero attached hydrogens (tertiary/aromatic N) is 2. The Hall–Kier alpha value is -1.73. The molecule has 2 rings (SSSR count). The quantitative estimate of drug-likeness (QED) is 0.829. The standard InChI is InChI=1S/C14H19N3O/c1-2-18-12-4-3-7-17(10-12)14-6-5-11(9-15)8-13(14)16/h5-6,8,12H,2-4,7,10,16H2,1H3. The van der Waals surface area contributed by atoms with Gasteiger partial charge < -0.3 is 15.4 Å². The predicted molar refractivity (Wildman–Crippen MR) is 72.4 cm³/mol. The highest BCUT2D eigenvalue weighted by Gasteiger charge is 2.21. The van der Waals surface area contributed by atoms with E-state index in [1.165, 1.54) is 0 Å². The second-order valence-corrected chi connectivity index (χ2v) is 4.55. The van der Waals surface area contributed by atoms with E-state index in [0.29, 0.717) is 17.4 Å². The van der Waals surface area contributed by atoms with Gasteiger partial charge in [-0.25, -0.2) is 0 Å². The van der Waals surface area contributed by atoms with Crippen LogP contribution in [0, 0.1) is 11.3 Å². The van der Waals surface area contributed by atoms with Gasteiger partial charge in [-0.2, -0.15) is 5.26 Å². The first kappa shape index (κ1) is 12.7. The molecule has 1 saturated heterocycles. The Morgan fingerprint density at radius 1 is 1.56 bits per heavy atom. The van der Waals surface area contributed by atoms with Crippen LogP contribution in [0.2, 0.25) is 0 Å². The highest BCUT2D eigenvalue weighted by molar-refractivity contribution is 5.69. The third kappa shape index (κ3) is 2.74. The molecule has 96 valence electrons. The van der Waals surface area contributed by atoms with Crippen LogP contribution in [0.5, 0.6) is 0 Å². The lowest BCUT2D eigenvalue weighted by molar-refractivity contribution is 0.0527. The first-order chi connectivity index (χ1) is 8.74. The lowest BCUT2D eigenvalue weighted by atomic mass is 10.1. The molecule has 1 aliphatic heterocycles. The highest BCUT2D eigenvalue weighted by Crippen LogP contribution is 2.27. The Kier molecular flexibility index (Phi) is 4.06. The molecular formula is C14H19N3O. The fraction of sp³-hybridized carbons (Fsp3) is 0.500. The van der Waals surface area contributed by atoms with Gasteiger partial charge in [0.2, 0.25) is 0 Å². The van der Waals surface area contributed by atoms with Crippen molar-refractivity contribution < 1.29 is 4.74 Å². The van der Waals surface area contributed by atoms with Gasteiger partial charge in [-0.05, 0) is 38.0 Å². The van der Waals surface area contributed by atoms with E-state index in [-0.39, 0.29) is 0 Å². The summed E-state index contributed by atoms with van der Waals surface area (Å²) in [4.78, 5) is 2.25. The highest BCUT2D eigenvalue weighted by atomic mass is 16.5. The van der Waals surface area contributed by atoms with E-state index >= 15 is 0 Å². The van der Waals surface area contributed by atoms with Gasteiger partial charge in [-0.1, -0.05) is 0 Å². The van der Waals surface area contributed by atoms with Crippen LogP contribution in [-0.4, -0.2) is 25.8 Å². The number of hydrogen-bond acceptors (Lipinski definition) is 4. The van der Waals surface area contributed by atoms with Crippen LogP contribution < -0.4 is 10.6 Å². The second-order valence-electron chi connectivity index (χ2n) is 4.55. The number of hydrogen-bond donors (Lipinski definition) is 1. The van der Waals surface area contributed by atoms with Crippen LogP contribution in [-0.2, 0) is 4.74 Å². The van der Waals surface area contributed by atoms with E-state index in [1.807, 2.05) is 19.1 Å². The summed E-state index contributed by atoms with van der Waals surface area (Å²) in [7, 11) is 0. The maximum atomic E-state index is 8.84. The molecule has 1 aliphatic rings. The molecule has 1 aromatic carbocycles. The molecule has 0 aromatic heterocycles. The Labute approximate surface area is 108 Å². The summed E-state index contributed by atoms with van der Waals surface area (Å²) >= 11 is 0. The van der Waals surface area contributed by atoms with Crippen LogP contribution in [0.4, 0.5) is 11.4 Å². The van der Waals surface area contributed by atoms with Gasteiger partial charge in [0, 0.05) is 19.7 Å². The zero-order valence-electron chi connectivity index (χ0n) is 10.7. The summed E-state index contributed by atoms with van der Waals surface area (Å²) in [6, 6.07) is 7.59. The third-order valence-corrected chi connectivity index (χ3v) is 3.28. The van der Waals surface area contributed by atoms with Crippen molar-refractivity contribution in [1.82, 2.24) is 0 Å². The van der Waals surface area contributed by atoms with Gasteiger partial charge in [0.1, 0.15) is 0 Å². The third-order valence-electron chi connectivity index (χ3n) is 3.28. The number of nitriles is 1. The molecule has 0 saturated carbocycles. The Morgan fingerprint density at radius 2 is 2.39 bits per heavy atom. The molecule has 1 aromatic rings. The number of ether oxygens (including phenoxy) is 1. The van der Waals surface area contributed by atoms with E-state index in [4.69, 9.17) is 15.7 Å². The largest absolute Gasteiger partial charge is 0.397 e. The molecule has 0 bridgehead atoms. The first-order valence-corrected chi connectivity index (χ1v) is 6.40. The molecule has 1 unspecified atom stereocenters. The maximum absolute atomic E-state index is 8.84. The van der Waals surface area contributed by atoms with Crippen LogP contribution >= 0.6 is 0 Å². The number of rotatable bonds is 3. The summed E-state index contributed by atoms with van der Waals surface area (Å²) in [6.45, 7) is 4.65. The van der Waals surface area contributed by atoms with Crippen molar-refractivity contribution in [2.45, 2.75) is 25.9 Å². The minimum absolute atomic E-state index is 0.291. The minimum atomic E-state index is 0.291. The molecule has 2 N–H and O–H groups in total. The predicted octanol–water partition coefficient (Wildman–Crippen LogP) is 2.15. The zero-order valence-corrected chi connectivity index (χ0v) is 10.7. The van der Waals surface area contributed by atoms with Gasteiger partial charge >= 0.3 is 0 Å². The lowest BCUT2D eigenvalue weighted by Gasteiger charge is -2.34. The normalized spacial score (nSPS) is 19.6. The van der Waals surface area contributed by atoms with Crippen molar-refractivity contribution in [3.63, 3.8) is 0 Å². The molecule has 1 heterocycles. The summed E-state index contributed by atoms with van der Waals surface area (Å²) in [5.41, 5.74) is 8.30. The smallest absolute Gasteiger partial charge is 0.0992 e. The number of anilines is 2. The molecule has 1 atom stereocenters. The van der Waals surface area contributed by atoms with Gasteiger partial charge in [-0.3, -0.25) is 0 Å². The molecule has 0 amide bonds. The van der Waals surface area contributed by atoms with Crippen molar-refractivity contribution in [2.24, 2.45) is 0 Å². The Balaban J connectivity index is 2.13. The monoisotopic (exact) mass is 245 g/mol. The van der Waals surface area contributed by atoms with Gasteiger partial charge in [-0.15, -0.1) is 0 Å². The SMILES string of the molecule is CCOC1CCCN(c2ccc(C#N)cc2N)C1. The Morgan fingerprint density at radius 3 is 3.06 bits per heavy atom. The van der Waals surface area contributed by atoms with E-state index in [0.717, 1.165) is 38.2 Å². The van der Waals surface area contributed by atoms with Crippen molar-refractivity contribution in [1.29, 1.82) is 5.26 Å². The van der Waals surface area contributed by atoms with Crippen LogP contribution in [0.1, 0.15) is 25.3 Å². The van der Waals surface area contributed by atoms with Crippen molar-refractivity contribution in [3.05, 3.63) is 23.8 Å². The number of benzene rings is 1. The molecule has 0 spiro atoms. The zero-order chi connectivity index (χ0) is 13.0. The van der Waals surface area contributed by atoms with Crippen molar-refractivity contribution in [3.8, 4) is 6.07 Å². The first-order valence-electron chi connectivity index (χ1n) is 6.40. The average molecular weight is 245 g/mol. The van der Waals surface area contributed by atoms with Crippen molar-refractivity contribution in [2.75, 3.05) is 30.3 Å². The molecule has 18 heavy (non-hydrogen) atoms. The van der Waals surface area contributed by atoms with Crippen molar-refractivity contribution >= 4 is 11.4 Å². The van der Waals surface area contributed by atoms with E-state index < -0.39 is 0 Å². The molecule has 4 heteroatoms. The van der Waals surface area contributed by atoms with Gasteiger partial charge in [0.25, 0.3) is 0 Å². The number of nitrogens with two attached hydrogens (primary N) is 1. The lowest BCUT2D eigenvalue weighted by Crippen LogP contribution is -2.40. The Bertz CT molecular complexity index is 451. The van der Waals surface area contributed by atoms with Gasteiger partial charge in [0.15, 0.2) is 0 Å². The van der Waals surface area contributed by atoms with Crippen LogP contribution in [0.3, 0.4) is 0 Å². The molecule has 0 aliphatic carbocycles. The van der Waals surface area contributed by atoms with Gasteiger partial charge in [0.05, 0.1) is 29.1 Å². The summed E-state index contributed by atoms with van der Waals surface area (Å²) in [5.74, 6) is 0. The number of piperidine rings is 1. The molecule has 0 radical (unpaired) electrons. The van der Waals surface area contributed by atoms with Crippen LogP contribution in [0.25, 0.3) is 0 Å². The molecule has 1 fully saturated rings. The molecule has 4 nitrogen and oxygen atoms in total. The maximum Gasteiger partial charge on any atom is 0.0992 e. The summed E-state index contributed by atoms with van der Waals surface area (Å²) < 4.78 is 5.68. The van der Waals surface area contributed by atoms with E-state index in [1.54, 1.807) is 6.07 Å². The summed E-state index contributed by atoms with van der Waals surface area (Å²) in [5, 5.41) is 8.84. The number of nitrogen functional groups attached to an aromatic ring is 1. The topological polar surface area (TPSA) is 62.3 Å². The fourth-order valence-electron chi connectivity index (χ4n) is 2.44. The minimum Gasteiger partial charge on any atom is -0.397 e. The van der Waals surface area contributed by atoms with Crippen LogP contribution in [0.15, 0.2) is 18.2 Å².